The molecule has 0 heterocycles. The third-order valence-corrected chi connectivity index (χ3v) is 4.13. The van der Waals surface area contributed by atoms with Gasteiger partial charge in [0.2, 0.25) is 0 Å². The topological polar surface area (TPSA) is 75.6 Å². The molecule has 5 nitrogen and oxygen atoms in total. The molecule has 0 saturated carbocycles. The van der Waals surface area contributed by atoms with Crippen molar-refractivity contribution >= 4 is 10.4 Å². The van der Waals surface area contributed by atoms with Crippen molar-refractivity contribution in [2.45, 2.75) is 96.8 Å². The van der Waals surface area contributed by atoms with E-state index in [4.69, 9.17) is 4.55 Å². The van der Waals surface area contributed by atoms with Crippen LogP contribution >= 0.6 is 0 Å². The second-order valence-corrected chi connectivity index (χ2v) is 7.02. The lowest BCUT2D eigenvalue weighted by molar-refractivity contribution is 0.173. The Kier molecular flexibility index (Phi) is 15.6. The number of hydroxylamine groups is 1. The van der Waals surface area contributed by atoms with Gasteiger partial charge in [0.15, 0.2) is 0 Å². The largest absolute Gasteiger partial charge is 0.413 e. The molecular formula is C16H35NO4S. The highest BCUT2D eigenvalue weighted by molar-refractivity contribution is 7.80. The molecule has 22 heavy (non-hydrogen) atoms. The van der Waals surface area contributed by atoms with Crippen molar-refractivity contribution in [1.82, 2.24) is 5.48 Å². The third kappa shape index (κ3) is 19.8. The van der Waals surface area contributed by atoms with Crippen LogP contribution in [0.2, 0.25) is 0 Å². The van der Waals surface area contributed by atoms with Crippen molar-refractivity contribution in [2.24, 2.45) is 0 Å². The van der Waals surface area contributed by atoms with Gasteiger partial charge in [0.25, 0.3) is 0 Å². The van der Waals surface area contributed by atoms with E-state index in [1.807, 2.05) is 0 Å². The van der Waals surface area contributed by atoms with Crippen LogP contribution in [0.25, 0.3) is 0 Å². The molecule has 0 atom stereocenters. The van der Waals surface area contributed by atoms with Gasteiger partial charge in [-0.15, -0.1) is 0 Å². The molecule has 0 aliphatic rings. The SMILES string of the molecule is CCCCCCCCCCCCCCCCNOS(=O)(=O)O. The van der Waals surface area contributed by atoms with Crippen LogP contribution in [0.15, 0.2) is 0 Å². The van der Waals surface area contributed by atoms with Crippen molar-refractivity contribution < 1.29 is 17.3 Å². The summed E-state index contributed by atoms with van der Waals surface area (Å²) in [5.41, 5.74) is 2.23. The van der Waals surface area contributed by atoms with Crippen LogP contribution < -0.4 is 5.48 Å². The van der Waals surface area contributed by atoms with Crippen molar-refractivity contribution in [2.75, 3.05) is 6.54 Å². The summed E-state index contributed by atoms with van der Waals surface area (Å²) in [6, 6.07) is 0. The first-order valence-electron chi connectivity index (χ1n) is 8.95. The van der Waals surface area contributed by atoms with E-state index < -0.39 is 10.4 Å². The number of rotatable bonds is 17. The van der Waals surface area contributed by atoms with Gasteiger partial charge in [-0.05, 0) is 6.42 Å². The molecule has 0 aromatic carbocycles. The Balaban J connectivity index is 3.03. The monoisotopic (exact) mass is 337 g/mol. The van der Waals surface area contributed by atoms with E-state index in [9.17, 15) is 8.42 Å². The van der Waals surface area contributed by atoms with Gasteiger partial charge in [-0.2, -0.15) is 18.2 Å². The predicted molar refractivity (Wildman–Crippen MR) is 90.9 cm³/mol. The fraction of sp³-hybridized carbons (Fsp3) is 1.00. The van der Waals surface area contributed by atoms with Gasteiger partial charge in [-0.1, -0.05) is 90.4 Å². The molecule has 0 rings (SSSR count). The fourth-order valence-electron chi connectivity index (χ4n) is 2.51. The number of hydrogen-bond donors (Lipinski definition) is 2. The summed E-state index contributed by atoms with van der Waals surface area (Å²) in [6.45, 7) is 2.70. The highest BCUT2D eigenvalue weighted by Gasteiger charge is 2.02. The molecule has 134 valence electrons. The average molecular weight is 338 g/mol. The van der Waals surface area contributed by atoms with Crippen LogP contribution in [0, 0.1) is 0 Å². The molecule has 0 unspecified atom stereocenters. The maximum absolute atomic E-state index is 10.2. The van der Waals surface area contributed by atoms with Gasteiger partial charge >= 0.3 is 10.4 Å². The van der Waals surface area contributed by atoms with E-state index >= 15 is 0 Å². The zero-order chi connectivity index (χ0) is 16.5. The fourth-order valence-corrected chi connectivity index (χ4v) is 2.74. The van der Waals surface area contributed by atoms with Crippen molar-refractivity contribution in [3.05, 3.63) is 0 Å². The second-order valence-electron chi connectivity index (χ2n) is 6.00. The maximum atomic E-state index is 10.2. The van der Waals surface area contributed by atoms with Crippen molar-refractivity contribution in [3.63, 3.8) is 0 Å². The van der Waals surface area contributed by atoms with Gasteiger partial charge in [0.1, 0.15) is 0 Å². The van der Waals surface area contributed by atoms with E-state index in [-0.39, 0.29) is 0 Å². The Morgan fingerprint density at radius 2 is 1.09 bits per heavy atom. The molecule has 0 aromatic heterocycles. The smallest absolute Gasteiger partial charge is 0.262 e. The molecule has 0 radical (unpaired) electrons. The van der Waals surface area contributed by atoms with Crippen LogP contribution in [-0.2, 0) is 14.7 Å². The Labute approximate surface area is 137 Å². The van der Waals surface area contributed by atoms with Crippen LogP contribution in [-0.4, -0.2) is 19.5 Å². The lowest BCUT2D eigenvalue weighted by Crippen LogP contribution is -2.20. The minimum Gasteiger partial charge on any atom is -0.262 e. The van der Waals surface area contributed by atoms with Gasteiger partial charge in [-0.25, -0.2) is 0 Å². The van der Waals surface area contributed by atoms with Crippen molar-refractivity contribution in [1.29, 1.82) is 0 Å². The minimum atomic E-state index is -4.35. The highest BCUT2D eigenvalue weighted by atomic mass is 32.3. The molecule has 0 aliphatic heterocycles. The van der Waals surface area contributed by atoms with Gasteiger partial charge in [-0.3, -0.25) is 4.55 Å². The van der Waals surface area contributed by atoms with Crippen LogP contribution in [0.1, 0.15) is 96.8 Å². The molecular weight excluding hydrogens is 302 g/mol. The van der Waals surface area contributed by atoms with Gasteiger partial charge < -0.3 is 0 Å². The Morgan fingerprint density at radius 3 is 1.45 bits per heavy atom. The number of unbranched alkanes of at least 4 members (excludes halogenated alkanes) is 13. The summed E-state index contributed by atoms with van der Waals surface area (Å²) in [4.78, 5) is 0. The molecule has 6 heteroatoms. The minimum absolute atomic E-state index is 0.442. The molecule has 0 aliphatic carbocycles. The van der Waals surface area contributed by atoms with Gasteiger partial charge in [0, 0.05) is 6.54 Å². The maximum Gasteiger partial charge on any atom is 0.413 e. The Bertz CT molecular complexity index is 320. The van der Waals surface area contributed by atoms with E-state index in [0.717, 1.165) is 12.8 Å². The van der Waals surface area contributed by atoms with Crippen molar-refractivity contribution in [3.8, 4) is 0 Å². The lowest BCUT2D eigenvalue weighted by atomic mass is 10.0. The van der Waals surface area contributed by atoms with E-state index in [1.165, 1.54) is 77.0 Å². The average Bonchev–Trinajstić information content (AvgIpc) is 2.45. The normalized spacial score (nSPS) is 11.9. The summed E-state index contributed by atoms with van der Waals surface area (Å²) in [7, 11) is -4.35. The standard InChI is InChI=1S/C16H35NO4S/c1-2-3-4-5-6-7-8-9-10-11-12-13-14-15-16-17-21-22(18,19)20/h17H,2-16H2,1H3,(H,18,19,20). The molecule has 2 N–H and O–H groups in total. The highest BCUT2D eigenvalue weighted by Crippen LogP contribution is 2.12. The molecule has 0 spiro atoms. The summed E-state index contributed by atoms with van der Waals surface area (Å²) in [5, 5.41) is 0. The van der Waals surface area contributed by atoms with E-state index in [1.54, 1.807) is 0 Å². The number of nitrogens with one attached hydrogen (secondary N) is 1. The van der Waals surface area contributed by atoms with E-state index in [2.05, 4.69) is 16.7 Å². The zero-order valence-electron chi connectivity index (χ0n) is 14.2. The first-order chi connectivity index (χ1) is 10.6. The quantitative estimate of drug-likeness (QED) is 0.227. The first-order valence-corrected chi connectivity index (χ1v) is 10.3. The summed E-state index contributed by atoms with van der Waals surface area (Å²) >= 11 is 0. The van der Waals surface area contributed by atoms with Crippen LogP contribution in [0.4, 0.5) is 0 Å². The second kappa shape index (κ2) is 15.7. The Morgan fingerprint density at radius 1 is 0.727 bits per heavy atom. The summed E-state index contributed by atoms with van der Waals surface area (Å²) in [5.74, 6) is 0. The molecule has 0 aromatic rings. The predicted octanol–water partition coefficient (Wildman–Crippen LogP) is 4.79. The third-order valence-electron chi connectivity index (χ3n) is 3.80. The Hall–Kier alpha value is -0.170. The summed E-state index contributed by atoms with van der Waals surface area (Å²) in [6.07, 6.45) is 18.0. The van der Waals surface area contributed by atoms with Crippen LogP contribution in [0.5, 0.6) is 0 Å². The van der Waals surface area contributed by atoms with Gasteiger partial charge in [0.05, 0.1) is 0 Å². The van der Waals surface area contributed by atoms with E-state index in [0.29, 0.717) is 6.54 Å². The molecule has 0 bridgehead atoms. The molecule has 0 saturated heterocycles. The molecule has 0 amide bonds. The molecule has 0 fully saturated rings. The van der Waals surface area contributed by atoms with Crippen LogP contribution in [0.3, 0.4) is 0 Å². The zero-order valence-corrected chi connectivity index (χ0v) is 15.0. The lowest BCUT2D eigenvalue weighted by Gasteiger charge is -2.04. The summed E-state index contributed by atoms with van der Waals surface area (Å²) < 4.78 is 32.8. The first kappa shape index (κ1) is 21.8. The number of hydrogen-bond acceptors (Lipinski definition) is 4.